The zero-order valence-corrected chi connectivity index (χ0v) is 23.0. The number of pyridine rings is 1. The van der Waals surface area contributed by atoms with Crippen molar-refractivity contribution in [3.05, 3.63) is 66.6 Å². The molecule has 0 amide bonds. The summed E-state index contributed by atoms with van der Waals surface area (Å²) >= 11 is 0. The normalized spacial score (nSPS) is 16.0. The van der Waals surface area contributed by atoms with Crippen LogP contribution in [-0.4, -0.2) is 54.4 Å². The molecule has 1 atom stereocenters. The summed E-state index contributed by atoms with van der Waals surface area (Å²) in [6, 6.07) is 12.4. The van der Waals surface area contributed by atoms with E-state index in [2.05, 4.69) is 30.3 Å². The summed E-state index contributed by atoms with van der Waals surface area (Å²) in [6.07, 6.45) is 0.849. The van der Waals surface area contributed by atoms with Gasteiger partial charge >= 0.3 is 6.18 Å². The van der Waals surface area contributed by atoms with Crippen LogP contribution in [0.4, 0.5) is 24.7 Å². The van der Waals surface area contributed by atoms with Crippen molar-refractivity contribution in [3.8, 4) is 22.9 Å². The summed E-state index contributed by atoms with van der Waals surface area (Å²) in [7, 11) is -4.25. The van der Waals surface area contributed by atoms with Crippen molar-refractivity contribution in [2.75, 3.05) is 28.9 Å². The third kappa shape index (κ3) is 7.22. The Kier molecular flexibility index (Phi) is 8.27. The van der Waals surface area contributed by atoms with Gasteiger partial charge in [-0.25, -0.2) is 23.4 Å². The maximum Gasteiger partial charge on any atom is 0.390 e. The second kappa shape index (κ2) is 11.9. The molecule has 2 aromatic carbocycles. The molecule has 0 unspecified atom stereocenters. The minimum absolute atomic E-state index is 0.161. The number of halogens is 3. The summed E-state index contributed by atoms with van der Waals surface area (Å²) in [4.78, 5) is 13.4. The number of hydrogen-bond donors (Lipinski definition) is 3. The smallest absolute Gasteiger partial charge is 0.390 e. The number of alkyl halides is 3. The zero-order valence-electron chi connectivity index (χ0n) is 22.2. The van der Waals surface area contributed by atoms with Gasteiger partial charge in [-0.15, -0.1) is 0 Å². The van der Waals surface area contributed by atoms with Crippen LogP contribution < -0.4 is 20.1 Å². The summed E-state index contributed by atoms with van der Waals surface area (Å²) < 4.78 is 71.5. The number of piperidine rings is 1. The molecule has 1 aliphatic heterocycles. The second-order valence-electron chi connectivity index (χ2n) is 9.83. The molecular formula is C28H29F3N6O3S. The maximum atomic E-state index is 12.7. The lowest BCUT2D eigenvalue weighted by Crippen LogP contribution is -2.38. The van der Waals surface area contributed by atoms with E-state index in [1.807, 2.05) is 12.1 Å². The van der Waals surface area contributed by atoms with Gasteiger partial charge < -0.3 is 15.4 Å². The fourth-order valence-electron chi connectivity index (χ4n) is 4.71. The third-order valence-electron chi connectivity index (χ3n) is 6.65. The Morgan fingerprint density at radius 1 is 1.05 bits per heavy atom. The highest BCUT2D eigenvalue weighted by Crippen LogP contribution is 2.40. The monoisotopic (exact) mass is 586 g/mol. The molecule has 0 aliphatic carbocycles. The van der Waals surface area contributed by atoms with Gasteiger partial charge in [-0.2, -0.15) is 13.2 Å². The van der Waals surface area contributed by atoms with Gasteiger partial charge in [0, 0.05) is 47.5 Å². The molecule has 3 heterocycles. The molecule has 41 heavy (non-hydrogen) atoms. The van der Waals surface area contributed by atoms with Crippen molar-refractivity contribution in [3.63, 3.8) is 0 Å². The first-order chi connectivity index (χ1) is 19.6. The Balaban J connectivity index is 1.45. The van der Waals surface area contributed by atoms with Gasteiger partial charge in [-0.3, -0.25) is 4.72 Å². The minimum Gasteiger partial charge on any atom is -0.436 e. The quantitative estimate of drug-likeness (QED) is 0.230. The first-order valence-electron chi connectivity index (χ1n) is 13.1. The molecule has 1 aliphatic rings. The number of sulfonamides is 1. The van der Waals surface area contributed by atoms with Crippen molar-refractivity contribution < 1.29 is 26.3 Å². The van der Waals surface area contributed by atoms with Crippen LogP contribution in [0.3, 0.4) is 0 Å². The molecule has 4 aromatic rings. The molecule has 0 bridgehead atoms. The summed E-state index contributed by atoms with van der Waals surface area (Å²) in [5.41, 5.74) is 1.94. The molecule has 13 heteroatoms. The van der Waals surface area contributed by atoms with E-state index in [-0.39, 0.29) is 17.6 Å². The van der Waals surface area contributed by atoms with Crippen molar-refractivity contribution in [1.29, 1.82) is 0 Å². The fourth-order valence-corrected chi connectivity index (χ4v) is 5.82. The van der Waals surface area contributed by atoms with Gasteiger partial charge in [0.05, 0.1) is 17.9 Å². The van der Waals surface area contributed by atoms with E-state index >= 15 is 0 Å². The Morgan fingerprint density at radius 3 is 2.59 bits per heavy atom. The topological polar surface area (TPSA) is 118 Å². The van der Waals surface area contributed by atoms with Crippen molar-refractivity contribution in [2.24, 2.45) is 0 Å². The number of fused-ring (bicyclic) bond motifs is 1. The van der Waals surface area contributed by atoms with E-state index in [1.54, 1.807) is 43.6 Å². The van der Waals surface area contributed by atoms with Gasteiger partial charge in [0.25, 0.3) is 0 Å². The number of rotatable bonds is 9. The average Bonchev–Trinajstić information content (AvgIpc) is 2.95. The molecule has 5 rings (SSSR count). The van der Waals surface area contributed by atoms with E-state index in [0.29, 0.717) is 33.6 Å². The Hall–Kier alpha value is -3.97. The molecule has 9 nitrogen and oxygen atoms in total. The second-order valence-corrected chi connectivity index (χ2v) is 11.7. The minimum atomic E-state index is -4.59. The van der Waals surface area contributed by atoms with Crippen LogP contribution >= 0.6 is 0 Å². The zero-order chi connectivity index (χ0) is 29.0. The predicted molar refractivity (Wildman–Crippen MR) is 152 cm³/mol. The Morgan fingerprint density at radius 2 is 1.83 bits per heavy atom. The van der Waals surface area contributed by atoms with E-state index < -0.39 is 28.4 Å². The third-order valence-corrected chi connectivity index (χ3v) is 7.92. The number of nitrogens with one attached hydrogen (secondary N) is 3. The maximum absolute atomic E-state index is 12.7. The van der Waals surface area contributed by atoms with Crippen molar-refractivity contribution in [2.45, 2.75) is 38.4 Å². The first kappa shape index (κ1) is 28.6. The Bertz CT molecular complexity index is 1640. The van der Waals surface area contributed by atoms with E-state index in [4.69, 9.17) is 4.74 Å². The van der Waals surface area contributed by atoms with Gasteiger partial charge in [-0.05, 0) is 50.1 Å². The summed E-state index contributed by atoms with van der Waals surface area (Å²) in [5.74, 6) is 0.277. The predicted octanol–water partition coefficient (Wildman–Crippen LogP) is 5.65. The molecule has 216 valence electrons. The van der Waals surface area contributed by atoms with E-state index in [1.165, 1.54) is 12.3 Å². The number of aromatic nitrogens is 3. The van der Waals surface area contributed by atoms with Gasteiger partial charge in [0.15, 0.2) is 0 Å². The molecule has 0 radical (unpaired) electrons. The number of benzene rings is 2. The number of anilines is 2. The lowest BCUT2D eigenvalue weighted by atomic mass is 10.0. The average molecular weight is 587 g/mol. The summed E-state index contributed by atoms with van der Waals surface area (Å²) in [5, 5.41) is 7.84. The van der Waals surface area contributed by atoms with Crippen LogP contribution in [0.2, 0.25) is 0 Å². The SMILES string of the molecule is Cc1cc(NS(=O)(=O)CCC(F)(F)F)c2ccccc2c1Oc1nccnc1-c1ccnc(N[C@H]2CCCNC2)c1. The number of aryl methyl sites for hydroxylation is 1. The molecule has 3 N–H and O–H groups in total. The van der Waals surface area contributed by atoms with Gasteiger partial charge in [-0.1, -0.05) is 24.3 Å². The van der Waals surface area contributed by atoms with E-state index in [0.717, 1.165) is 31.5 Å². The lowest BCUT2D eigenvalue weighted by Gasteiger charge is -2.24. The molecule has 0 saturated carbocycles. The van der Waals surface area contributed by atoms with Crippen LogP contribution in [0.5, 0.6) is 11.6 Å². The lowest BCUT2D eigenvalue weighted by molar-refractivity contribution is -0.129. The van der Waals surface area contributed by atoms with Crippen LogP contribution in [0, 0.1) is 6.92 Å². The van der Waals surface area contributed by atoms with Crippen LogP contribution in [0.1, 0.15) is 24.8 Å². The van der Waals surface area contributed by atoms with Crippen LogP contribution in [-0.2, 0) is 10.0 Å². The number of ether oxygens (including phenoxy) is 1. The fraction of sp³-hybridized carbons (Fsp3) is 0.321. The molecule has 0 spiro atoms. The molecule has 1 saturated heterocycles. The van der Waals surface area contributed by atoms with Crippen LogP contribution in [0.15, 0.2) is 61.1 Å². The highest BCUT2D eigenvalue weighted by Gasteiger charge is 2.30. The standard InChI is InChI=1S/C28H29F3N6O3S/c1-18-15-23(37-41(38,39)14-9-28(29,30)31)21-6-2-3-7-22(21)26(18)40-27-25(34-12-13-35-27)19-8-11-33-24(16-19)36-20-5-4-10-32-17-20/h2-3,6-8,11-13,15-16,20,32,37H,4-5,9-10,14,17H2,1H3,(H,33,36)/t20-/m0/s1. The summed E-state index contributed by atoms with van der Waals surface area (Å²) in [6.45, 7) is 3.58. The molecule has 2 aromatic heterocycles. The Labute approximate surface area is 235 Å². The van der Waals surface area contributed by atoms with Crippen LogP contribution in [0.25, 0.3) is 22.0 Å². The van der Waals surface area contributed by atoms with Gasteiger partial charge in [0.2, 0.25) is 15.9 Å². The van der Waals surface area contributed by atoms with E-state index in [9.17, 15) is 21.6 Å². The first-order valence-corrected chi connectivity index (χ1v) is 14.8. The highest BCUT2D eigenvalue weighted by molar-refractivity contribution is 7.92. The molecular weight excluding hydrogens is 557 g/mol. The number of hydrogen-bond acceptors (Lipinski definition) is 8. The molecule has 1 fully saturated rings. The van der Waals surface area contributed by atoms with Gasteiger partial charge in [0.1, 0.15) is 17.3 Å². The largest absolute Gasteiger partial charge is 0.436 e. The number of nitrogens with zero attached hydrogens (tertiary/aromatic N) is 3. The van der Waals surface area contributed by atoms with Crippen molar-refractivity contribution in [1.82, 2.24) is 20.3 Å². The van der Waals surface area contributed by atoms with Crippen molar-refractivity contribution >= 4 is 32.3 Å². The highest BCUT2D eigenvalue weighted by atomic mass is 32.2.